The van der Waals surface area contributed by atoms with E-state index in [4.69, 9.17) is 20.7 Å². The highest BCUT2D eigenvalue weighted by atomic mass is 15.3. The van der Waals surface area contributed by atoms with Crippen molar-refractivity contribution in [3.8, 4) is 0 Å². The molecular formula is C44H92N8. The van der Waals surface area contributed by atoms with Crippen molar-refractivity contribution in [2.45, 2.75) is 243 Å². The van der Waals surface area contributed by atoms with Crippen LogP contribution in [0.25, 0.3) is 0 Å². The molecule has 2 atom stereocenters. The first-order valence-electron chi connectivity index (χ1n) is 21.0. The van der Waals surface area contributed by atoms with Crippen LogP contribution in [0, 0.1) is 11.3 Å². The molecule has 0 aliphatic heterocycles. The molecule has 52 heavy (non-hydrogen) atoms. The lowest BCUT2D eigenvalue weighted by molar-refractivity contribution is 0.0931. The fourth-order valence-corrected chi connectivity index (χ4v) is 8.00. The fourth-order valence-electron chi connectivity index (χ4n) is 8.00. The summed E-state index contributed by atoms with van der Waals surface area (Å²) in [6.07, 6.45) is 7.65. The van der Waals surface area contributed by atoms with Crippen LogP contribution in [0.1, 0.15) is 203 Å². The number of nitrogens with zero attached hydrogens (tertiary/aromatic N) is 5. The maximum absolute atomic E-state index is 6.52. The summed E-state index contributed by atoms with van der Waals surface area (Å²) in [6, 6.07) is 1.23. The highest BCUT2D eigenvalue weighted by Crippen LogP contribution is 2.31. The molecule has 1 rings (SSSR count). The van der Waals surface area contributed by atoms with Crippen LogP contribution in [0.15, 0.2) is 0 Å². The summed E-state index contributed by atoms with van der Waals surface area (Å²) < 4.78 is 0. The standard InChI is InChI=1S/C42H86N8.C2H6/c1-30(2)33(28-40(15,16)43)49(31(3)4)25-23-21-22-24-26-50(32(5)27-41(17,18)48-39(12,13)14)36-45-34(38(9,10)11)44-35(46-36)47-42(19,20)29-37(6,7)8;1-2/h30-33,48H,21-29,43H2,1-20H3,(H,44,45,46,47);1-2H3. The predicted molar refractivity (Wildman–Crippen MR) is 232 cm³/mol. The molecule has 4 N–H and O–H groups in total. The van der Waals surface area contributed by atoms with E-state index in [1.165, 1.54) is 19.3 Å². The summed E-state index contributed by atoms with van der Waals surface area (Å²) in [7, 11) is 0. The molecule has 2 unspecified atom stereocenters. The molecule has 0 aliphatic carbocycles. The van der Waals surface area contributed by atoms with Crippen LogP contribution in [0.3, 0.4) is 0 Å². The molecule has 0 saturated carbocycles. The largest absolute Gasteiger partial charge is 0.349 e. The minimum Gasteiger partial charge on any atom is -0.349 e. The van der Waals surface area contributed by atoms with E-state index in [1.54, 1.807) is 0 Å². The number of rotatable bonds is 20. The molecule has 0 fully saturated rings. The third kappa shape index (κ3) is 20.8. The molecule has 0 bridgehead atoms. The average molecular weight is 733 g/mol. The molecule has 8 nitrogen and oxygen atoms in total. The number of nitrogens with two attached hydrogens (primary N) is 1. The second-order valence-corrected chi connectivity index (χ2v) is 21.5. The smallest absolute Gasteiger partial charge is 0.230 e. The first-order valence-corrected chi connectivity index (χ1v) is 21.0. The van der Waals surface area contributed by atoms with Crippen molar-refractivity contribution in [3.63, 3.8) is 0 Å². The van der Waals surface area contributed by atoms with E-state index in [2.05, 4.69) is 159 Å². The third-order valence-corrected chi connectivity index (χ3v) is 9.18. The zero-order valence-electron chi connectivity index (χ0n) is 39.0. The molecule has 0 radical (unpaired) electrons. The number of anilines is 2. The van der Waals surface area contributed by atoms with E-state index in [9.17, 15) is 0 Å². The van der Waals surface area contributed by atoms with E-state index >= 15 is 0 Å². The summed E-state index contributed by atoms with van der Waals surface area (Å²) in [5, 5.41) is 7.58. The minimum atomic E-state index is -0.209. The van der Waals surface area contributed by atoms with Gasteiger partial charge in [0, 0.05) is 52.2 Å². The molecule has 8 heteroatoms. The van der Waals surface area contributed by atoms with Crippen molar-refractivity contribution in [2.75, 3.05) is 23.3 Å². The predicted octanol–water partition coefficient (Wildman–Crippen LogP) is 11.0. The number of hydrogen-bond donors (Lipinski definition) is 3. The fraction of sp³-hybridized carbons (Fsp3) is 0.932. The van der Waals surface area contributed by atoms with Crippen LogP contribution in [-0.4, -0.2) is 73.2 Å². The monoisotopic (exact) mass is 733 g/mol. The molecule has 0 saturated heterocycles. The van der Waals surface area contributed by atoms with E-state index in [1.807, 2.05) is 13.8 Å². The first kappa shape index (κ1) is 50.5. The summed E-state index contributed by atoms with van der Waals surface area (Å²) in [6.45, 7) is 51.4. The van der Waals surface area contributed by atoms with Gasteiger partial charge in [-0.2, -0.15) is 15.0 Å². The summed E-state index contributed by atoms with van der Waals surface area (Å²) in [5.41, 5.74) is 6.11. The van der Waals surface area contributed by atoms with Gasteiger partial charge in [-0.15, -0.1) is 0 Å². The molecule has 1 aromatic heterocycles. The number of aromatic nitrogens is 3. The first-order chi connectivity index (χ1) is 23.3. The van der Waals surface area contributed by atoms with Gasteiger partial charge >= 0.3 is 0 Å². The van der Waals surface area contributed by atoms with Crippen LogP contribution >= 0.6 is 0 Å². The summed E-state index contributed by atoms with van der Waals surface area (Å²) in [5.74, 6) is 2.86. The Morgan fingerprint density at radius 1 is 0.654 bits per heavy atom. The molecule has 1 aromatic rings. The highest BCUT2D eigenvalue weighted by molar-refractivity contribution is 5.40. The zero-order chi connectivity index (χ0) is 41.1. The molecule has 1 heterocycles. The molecular weight excluding hydrogens is 641 g/mol. The summed E-state index contributed by atoms with van der Waals surface area (Å²) in [4.78, 5) is 20.5. The number of hydrogen-bond acceptors (Lipinski definition) is 8. The van der Waals surface area contributed by atoms with E-state index in [-0.39, 0.29) is 39.0 Å². The van der Waals surface area contributed by atoms with Gasteiger partial charge in [-0.3, -0.25) is 4.90 Å². The Morgan fingerprint density at radius 2 is 1.17 bits per heavy atom. The van der Waals surface area contributed by atoms with Crippen LogP contribution in [0.2, 0.25) is 0 Å². The Labute approximate surface area is 325 Å². The third-order valence-electron chi connectivity index (χ3n) is 9.18. The Bertz CT molecular complexity index is 1130. The van der Waals surface area contributed by atoms with Crippen LogP contribution in [-0.2, 0) is 5.41 Å². The van der Waals surface area contributed by atoms with Gasteiger partial charge in [0.25, 0.3) is 0 Å². The van der Waals surface area contributed by atoms with Crippen molar-refractivity contribution in [1.82, 2.24) is 25.2 Å². The lowest BCUT2D eigenvalue weighted by atomic mass is 9.82. The number of unbranched alkanes of at least 4 members (excludes halogenated alkanes) is 3. The molecule has 0 aromatic carbocycles. The van der Waals surface area contributed by atoms with Crippen molar-refractivity contribution < 1.29 is 0 Å². The normalized spacial score (nSPS) is 14.8. The van der Waals surface area contributed by atoms with Crippen LogP contribution in [0.5, 0.6) is 0 Å². The van der Waals surface area contributed by atoms with Gasteiger partial charge in [0.05, 0.1) is 0 Å². The zero-order valence-corrected chi connectivity index (χ0v) is 39.0. The maximum Gasteiger partial charge on any atom is 0.230 e. The van der Waals surface area contributed by atoms with Gasteiger partial charge in [0.1, 0.15) is 5.82 Å². The van der Waals surface area contributed by atoms with Crippen molar-refractivity contribution >= 4 is 11.9 Å². The Hall–Kier alpha value is -1.51. The van der Waals surface area contributed by atoms with Gasteiger partial charge in [-0.05, 0) is 133 Å². The second kappa shape index (κ2) is 20.4. The molecule has 0 aliphatic rings. The van der Waals surface area contributed by atoms with E-state index < -0.39 is 0 Å². The highest BCUT2D eigenvalue weighted by Gasteiger charge is 2.33. The van der Waals surface area contributed by atoms with Gasteiger partial charge < -0.3 is 21.3 Å². The molecule has 0 spiro atoms. The lowest BCUT2D eigenvalue weighted by Crippen LogP contribution is -2.53. The topological polar surface area (TPSA) is 95.2 Å². The SMILES string of the molecule is CC.CC(C)C(CC(C)(C)N)N(CCCCCCN(c1nc(NC(C)(C)CC(C)(C)C)nc(C(C)(C)C)n1)C(C)CC(C)(C)NC(C)(C)C)C(C)C. The van der Waals surface area contributed by atoms with Crippen LogP contribution in [0.4, 0.5) is 11.9 Å². The lowest BCUT2D eigenvalue weighted by Gasteiger charge is -2.41. The summed E-state index contributed by atoms with van der Waals surface area (Å²) >= 11 is 0. The van der Waals surface area contributed by atoms with Crippen molar-refractivity contribution in [2.24, 2.45) is 17.1 Å². The van der Waals surface area contributed by atoms with E-state index in [0.29, 0.717) is 23.9 Å². The van der Waals surface area contributed by atoms with Crippen molar-refractivity contribution in [3.05, 3.63) is 5.82 Å². The Morgan fingerprint density at radius 3 is 1.60 bits per heavy atom. The van der Waals surface area contributed by atoms with Crippen LogP contribution < -0.4 is 21.3 Å². The maximum atomic E-state index is 6.52. The van der Waals surface area contributed by atoms with Gasteiger partial charge in [-0.1, -0.05) is 82.1 Å². The van der Waals surface area contributed by atoms with Crippen molar-refractivity contribution in [1.29, 1.82) is 0 Å². The second-order valence-electron chi connectivity index (χ2n) is 21.5. The molecule has 0 amide bonds. The Balaban J connectivity index is 0.0000128. The van der Waals surface area contributed by atoms with Gasteiger partial charge in [0.15, 0.2) is 0 Å². The molecule has 308 valence electrons. The minimum absolute atomic E-state index is 0.0225. The van der Waals surface area contributed by atoms with E-state index in [0.717, 1.165) is 50.5 Å². The Kier molecular flexibility index (Phi) is 19.8. The quantitative estimate of drug-likeness (QED) is 0.114. The van der Waals surface area contributed by atoms with Gasteiger partial charge in [0.2, 0.25) is 11.9 Å². The number of nitrogens with one attached hydrogen (secondary N) is 2. The van der Waals surface area contributed by atoms with Gasteiger partial charge in [-0.25, -0.2) is 0 Å². The average Bonchev–Trinajstić information content (AvgIpc) is 2.89.